The van der Waals surface area contributed by atoms with Gasteiger partial charge in [0.1, 0.15) is 5.82 Å². The number of nitrogens with zero attached hydrogens (tertiary/aromatic N) is 2. The quantitative estimate of drug-likeness (QED) is 0.379. The van der Waals surface area contributed by atoms with Crippen molar-refractivity contribution in [2.75, 3.05) is 16.0 Å². The average Bonchev–Trinajstić information content (AvgIpc) is 3.21. The van der Waals surface area contributed by atoms with Gasteiger partial charge in [0.2, 0.25) is 17.7 Å². The second kappa shape index (κ2) is 10.7. The maximum absolute atomic E-state index is 14.2. The molecule has 32 heavy (non-hydrogen) atoms. The number of carbonyl (C=O) groups is 3. The first-order valence-corrected chi connectivity index (χ1v) is 11.2. The van der Waals surface area contributed by atoms with E-state index in [2.05, 4.69) is 10.3 Å². The lowest BCUT2D eigenvalue weighted by molar-refractivity contribution is -0.116. The number of aromatic nitrogens is 1. The standard InChI is InChI=1S/C22H19FN4O3S2/c1-14(28)27(18-8-4-2-6-16(18)23)22-25-15(12-32-22)10-11-21(30)26-17-7-3-5-9-19(17)31-13-20(24)29/h2-12H,13H2,1H3,(H2,24,29)(H,26,30)/b11-10+. The first-order chi connectivity index (χ1) is 15.3. The first kappa shape index (κ1) is 23.2. The maximum atomic E-state index is 14.2. The number of rotatable bonds is 8. The monoisotopic (exact) mass is 470 g/mol. The number of benzene rings is 2. The van der Waals surface area contributed by atoms with E-state index in [4.69, 9.17) is 5.73 Å². The topological polar surface area (TPSA) is 105 Å². The molecule has 10 heteroatoms. The summed E-state index contributed by atoms with van der Waals surface area (Å²) in [5.74, 6) is -1.68. The minimum atomic E-state index is -0.540. The van der Waals surface area contributed by atoms with Crippen LogP contribution in [-0.2, 0) is 14.4 Å². The molecule has 0 fully saturated rings. The zero-order valence-corrected chi connectivity index (χ0v) is 18.6. The summed E-state index contributed by atoms with van der Waals surface area (Å²) in [6.07, 6.45) is 2.80. The van der Waals surface area contributed by atoms with Gasteiger partial charge in [-0.05, 0) is 30.3 Å². The molecule has 1 aromatic heterocycles. The summed E-state index contributed by atoms with van der Waals surface area (Å²) in [4.78, 5) is 41.7. The Morgan fingerprint density at radius 1 is 1.19 bits per heavy atom. The fourth-order valence-corrected chi connectivity index (χ4v) is 4.27. The van der Waals surface area contributed by atoms with Crippen LogP contribution in [0.5, 0.6) is 0 Å². The van der Waals surface area contributed by atoms with Crippen molar-refractivity contribution in [2.45, 2.75) is 11.8 Å². The van der Waals surface area contributed by atoms with Gasteiger partial charge < -0.3 is 11.1 Å². The molecule has 0 spiro atoms. The van der Waals surface area contributed by atoms with Gasteiger partial charge in [0.15, 0.2) is 5.13 Å². The Hall–Kier alpha value is -3.50. The van der Waals surface area contributed by atoms with Crippen LogP contribution in [0.15, 0.2) is 64.9 Å². The Morgan fingerprint density at radius 3 is 2.62 bits per heavy atom. The van der Waals surface area contributed by atoms with Gasteiger partial charge >= 0.3 is 0 Å². The van der Waals surface area contributed by atoms with E-state index in [9.17, 15) is 18.8 Å². The van der Waals surface area contributed by atoms with Crippen LogP contribution in [0.2, 0.25) is 0 Å². The van der Waals surface area contributed by atoms with Gasteiger partial charge in [-0.25, -0.2) is 9.37 Å². The molecule has 0 unspecified atom stereocenters. The van der Waals surface area contributed by atoms with Crippen molar-refractivity contribution in [3.63, 3.8) is 0 Å². The average molecular weight is 471 g/mol. The van der Waals surface area contributed by atoms with Crippen LogP contribution in [0.1, 0.15) is 12.6 Å². The minimum Gasteiger partial charge on any atom is -0.369 e. The van der Waals surface area contributed by atoms with Crippen LogP contribution in [0, 0.1) is 5.82 Å². The second-order valence-corrected chi connectivity index (χ2v) is 8.29. The number of primary amides is 1. The van der Waals surface area contributed by atoms with E-state index < -0.39 is 17.6 Å². The number of thiazole rings is 1. The second-order valence-electron chi connectivity index (χ2n) is 6.43. The van der Waals surface area contributed by atoms with Crippen LogP contribution in [0.25, 0.3) is 6.08 Å². The van der Waals surface area contributed by atoms with E-state index >= 15 is 0 Å². The molecule has 1 heterocycles. The molecular weight excluding hydrogens is 451 g/mol. The van der Waals surface area contributed by atoms with Crippen molar-refractivity contribution in [3.05, 3.63) is 71.5 Å². The Labute approximate surface area is 192 Å². The highest BCUT2D eigenvalue weighted by Gasteiger charge is 2.20. The van der Waals surface area contributed by atoms with Crippen LogP contribution >= 0.6 is 23.1 Å². The van der Waals surface area contributed by atoms with E-state index in [1.807, 2.05) is 0 Å². The summed E-state index contributed by atoms with van der Waals surface area (Å²) in [6.45, 7) is 1.32. The highest BCUT2D eigenvalue weighted by atomic mass is 32.2. The number of amides is 3. The summed E-state index contributed by atoms with van der Waals surface area (Å²) in [5, 5.41) is 4.70. The van der Waals surface area contributed by atoms with Gasteiger partial charge in [-0.15, -0.1) is 23.1 Å². The molecule has 7 nitrogen and oxygen atoms in total. The highest BCUT2D eigenvalue weighted by Crippen LogP contribution is 2.31. The van der Waals surface area contributed by atoms with E-state index in [0.29, 0.717) is 16.3 Å². The normalized spacial score (nSPS) is 10.8. The molecule has 0 aliphatic carbocycles. The molecule has 164 valence electrons. The Morgan fingerprint density at radius 2 is 1.91 bits per heavy atom. The number of hydrogen-bond acceptors (Lipinski definition) is 6. The third kappa shape index (κ3) is 6.02. The predicted octanol–water partition coefficient (Wildman–Crippen LogP) is 4.20. The van der Waals surface area contributed by atoms with E-state index in [1.54, 1.807) is 35.7 Å². The molecule has 0 aliphatic rings. The van der Waals surface area contributed by atoms with Crippen molar-refractivity contribution in [1.29, 1.82) is 0 Å². The summed E-state index contributed by atoms with van der Waals surface area (Å²) in [7, 11) is 0. The number of para-hydroxylation sites is 2. The summed E-state index contributed by atoms with van der Waals surface area (Å²) in [6, 6.07) is 13.0. The number of thioether (sulfide) groups is 1. The SMILES string of the molecule is CC(=O)N(c1nc(/C=C/C(=O)Nc2ccccc2SCC(N)=O)cs1)c1ccccc1F. The van der Waals surface area contributed by atoms with Gasteiger partial charge in [-0.1, -0.05) is 24.3 Å². The van der Waals surface area contributed by atoms with Crippen molar-refractivity contribution in [2.24, 2.45) is 5.73 Å². The molecule has 3 aromatic rings. The molecule has 0 atom stereocenters. The van der Waals surface area contributed by atoms with Crippen molar-refractivity contribution in [3.8, 4) is 0 Å². The van der Waals surface area contributed by atoms with Gasteiger partial charge in [0, 0.05) is 23.3 Å². The molecule has 0 aliphatic heterocycles. The van der Waals surface area contributed by atoms with Crippen LogP contribution in [-0.4, -0.2) is 28.5 Å². The smallest absolute Gasteiger partial charge is 0.248 e. The zero-order valence-electron chi connectivity index (χ0n) is 16.9. The number of hydrogen-bond donors (Lipinski definition) is 2. The van der Waals surface area contributed by atoms with Gasteiger partial charge in [-0.2, -0.15) is 0 Å². The van der Waals surface area contributed by atoms with Gasteiger partial charge in [0.05, 0.1) is 22.8 Å². The fraction of sp³-hybridized carbons (Fsp3) is 0.0909. The zero-order chi connectivity index (χ0) is 23.1. The molecule has 3 N–H and O–H groups in total. The molecule has 3 rings (SSSR count). The lowest BCUT2D eigenvalue weighted by atomic mass is 10.3. The number of anilines is 3. The summed E-state index contributed by atoms with van der Waals surface area (Å²) in [5.41, 5.74) is 6.28. The Balaban J connectivity index is 1.72. The first-order valence-electron chi connectivity index (χ1n) is 9.35. The molecule has 0 saturated heterocycles. The molecule has 3 amide bonds. The van der Waals surface area contributed by atoms with Crippen molar-refractivity contribution < 1.29 is 18.8 Å². The number of nitrogens with one attached hydrogen (secondary N) is 1. The third-order valence-electron chi connectivity index (χ3n) is 4.03. The third-order valence-corrected chi connectivity index (χ3v) is 5.97. The van der Waals surface area contributed by atoms with Gasteiger partial charge in [-0.3, -0.25) is 19.3 Å². The largest absolute Gasteiger partial charge is 0.369 e. The summed E-state index contributed by atoms with van der Waals surface area (Å²) >= 11 is 2.38. The predicted molar refractivity (Wildman–Crippen MR) is 125 cm³/mol. The molecule has 0 bridgehead atoms. The van der Waals surface area contributed by atoms with E-state index in [1.165, 1.54) is 53.9 Å². The van der Waals surface area contributed by atoms with Crippen molar-refractivity contribution >= 4 is 63.4 Å². The number of carbonyl (C=O) groups excluding carboxylic acids is 3. The van der Waals surface area contributed by atoms with E-state index in [0.717, 1.165) is 11.3 Å². The number of halogens is 1. The Bertz CT molecular complexity index is 1180. The van der Waals surface area contributed by atoms with Crippen LogP contribution < -0.4 is 16.0 Å². The molecule has 2 aromatic carbocycles. The minimum absolute atomic E-state index is 0.0962. The van der Waals surface area contributed by atoms with E-state index in [-0.39, 0.29) is 22.5 Å². The van der Waals surface area contributed by atoms with Gasteiger partial charge in [0.25, 0.3) is 0 Å². The lowest BCUT2D eigenvalue weighted by Crippen LogP contribution is -2.23. The molecular formula is C22H19FN4O3S2. The molecule has 0 saturated carbocycles. The number of nitrogens with two attached hydrogens (primary N) is 1. The maximum Gasteiger partial charge on any atom is 0.248 e. The Kier molecular flexibility index (Phi) is 7.74. The highest BCUT2D eigenvalue weighted by molar-refractivity contribution is 8.00. The lowest BCUT2D eigenvalue weighted by Gasteiger charge is -2.18. The molecule has 0 radical (unpaired) electrons. The fourth-order valence-electron chi connectivity index (χ4n) is 2.68. The van der Waals surface area contributed by atoms with Crippen LogP contribution in [0.3, 0.4) is 0 Å². The van der Waals surface area contributed by atoms with Crippen LogP contribution in [0.4, 0.5) is 20.9 Å². The summed E-state index contributed by atoms with van der Waals surface area (Å²) < 4.78 is 14.2. The van der Waals surface area contributed by atoms with Crippen molar-refractivity contribution in [1.82, 2.24) is 4.98 Å².